The number of aryl methyl sites for hydroxylation is 2. The van der Waals surface area contributed by atoms with Crippen LogP contribution in [-0.4, -0.2) is 32.4 Å². The Morgan fingerprint density at radius 3 is 2.65 bits per heavy atom. The molecule has 1 aromatic heterocycles. The van der Waals surface area contributed by atoms with E-state index in [0.29, 0.717) is 5.82 Å². The SMILES string of the molecule is Cc1ccccc1C(CN)(Cc1ncnn1C)C(=O)O. The Bertz CT molecular complexity index is 623. The van der Waals surface area contributed by atoms with Gasteiger partial charge in [0.2, 0.25) is 0 Å². The lowest BCUT2D eigenvalue weighted by molar-refractivity contribution is -0.143. The van der Waals surface area contributed by atoms with Crippen molar-refractivity contribution in [1.29, 1.82) is 0 Å². The number of hydrogen-bond acceptors (Lipinski definition) is 4. The van der Waals surface area contributed by atoms with Crippen molar-refractivity contribution >= 4 is 5.97 Å². The van der Waals surface area contributed by atoms with E-state index in [2.05, 4.69) is 10.1 Å². The smallest absolute Gasteiger partial charge is 0.315 e. The summed E-state index contributed by atoms with van der Waals surface area (Å²) in [4.78, 5) is 16.0. The Hall–Kier alpha value is -2.21. The van der Waals surface area contributed by atoms with Crippen LogP contribution in [-0.2, 0) is 23.7 Å². The molecule has 6 heteroatoms. The van der Waals surface area contributed by atoms with E-state index >= 15 is 0 Å². The molecule has 2 aromatic rings. The first-order chi connectivity index (χ1) is 9.51. The molecule has 1 unspecified atom stereocenters. The number of nitrogens with zero attached hydrogens (tertiary/aromatic N) is 3. The van der Waals surface area contributed by atoms with Gasteiger partial charge in [-0.3, -0.25) is 9.48 Å². The molecule has 0 spiro atoms. The summed E-state index contributed by atoms with van der Waals surface area (Å²) in [5.74, 6) is -0.349. The van der Waals surface area contributed by atoms with Crippen molar-refractivity contribution in [1.82, 2.24) is 14.8 Å². The van der Waals surface area contributed by atoms with Crippen LogP contribution in [0.5, 0.6) is 0 Å². The summed E-state index contributed by atoms with van der Waals surface area (Å²) in [7, 11) is 1.74. The van der Waals surface area contributed by atoms with Crippen LogP contribution in [0.25, 0.3) is 0 Å². The van der Waals surface area contributed by atoms with Gasteiger partial charge in [0.15, 0.2) is 0 Å². The molecule has 0 saturated carbocycles. The number of carboxylic acids is 1. The van der Waals surface area contributed by atoms with E-state index < -0.39 is 11.4 Å². The zero-order valence-electron chi connectivity index (χ0n) is 11.6. The van der Waals surface area contributed by atoms with Crippen molar-refractivity contribution in [2.45, 2.75) is 18.8 Å². The zero-order chi connectivity index (χ0) is 14.8. The highest BCUT2D eigenvalue weighted by Gasteiger charge is 2.41. The number of hydrogen-bond donors (Lipinski definition) is 2. The normalized spacial score (nSPS) is 13.9. The van der Waals surface area contributed by atoms with Crippen LogP contribution in [0.15, 0.2) is 30.6 Å². The van der Waals surface area contributed by atoms with E-state index in [0.717, 1.165) is 11.1 Å². The van der Waals surface area contributed by atoms with Crippen molar-refractivity contribution in [3.05, 3.63) is 47.5 Å². The molecule has 20 heavy (non-hydrogen) atoms. The molecule has 1 aromatic carbocycles. The van der Waals surface area contributed by atoms with Gasteiger partial charge in [-0.2, -0.15) is 5.10 Å². The predicted octanol–water partition coefficient (Wildman–Crippen LogP) is 0.647. The van der Waals surface area contributed by atoms with Gasteiger partial charge in [0.1, 0.15) is 17.6 Å². The molecular weight excluding hydrogens is 256 g/mol. The van der Waals surface area contributed by atoms with Gasteiger partial charge in [0, 0.05) is 20.0 Å². The first-order valence-corrected chi connectivity index (χ1v) is 6.33. The Labute approximate surface area is 117 Å². The average Bonchev–Trinajstić information content (AvgIpc) is 2.82. The number of nitrogens with two attached hydrogens (primary N) is 1. The molecule has 0 radical (unpaired) electrons. The lowest BCUT2D eigenvalue weighted by Gasteiger charge is -2.29. The largest absolute Gasteiger partial charge is 0.481 e. The second-order valence-corrected chi connectivity index (χ2v) is 4.88. The standard InChI is InChI=1S/C14H18N4O2/c1-10-5-3-4-6-11(10)14(8-15,13(19)20)7-12-16-9-17-18(12)2/h3-6,9H,7-8,15H2,1-2H3,(H,19,20). The van der Waals surface area contributed by atoms with Crippen LogP contribution in [0.1, 0.15) is 17.0 Å². The topological polar surface area (TPSA) is 94.0 Å². The molecule has 0 aliphatic carbocycles. The summed E-state index contributed by atoms with van der Waals surface area (Å²) < 4.78 is 1.58. The van der Waals surface area contributed by atoms with E-state index in [1.54, 1.807) is 11.7 Å². The third-order valence-corrected chi connectivity index (χ3v) is 3.68. The average molecular weight is 274 g/mol. The molecule has 0 saturated heterocycles. The number of carboxylic acid groups (broad SMARTS) is 1. The van der Waals surface area contributed by atoms with Gasteiger partial charge in [0.05, 0.1) is 0 Å². The first-order valence-electron chi connectivity index (χ1n) is 6.33. The fourth-order valence-electron chi connectivity index (χ4n) is 2.42. The molecule has 1 heterocycles. The van der Waals surface area contributed by atoms with Crippen molar-refractivity contribution in [2.24, 2.45) is 12.8 Å². The lowest BCUT2D eigenvalue weighted by Crippen LogP contribution is -2.46. The third-order valence-electron chi connectivity index (χ3n) is 3.68. The van der Waals surface area contributed by atoms with Gasteiger partial charge in [0.25, 0.3) is 0 Å². The summed E-state index contributed by atoms with van der Waals surface area (Å²) in [6.45, 7) is 1.89. The predicted molar refractivity (Wildman–Crippen MR) is 74.3 cm³/mol. The van der Waals surface area contributed by atoms with E-state index in [-0.39, 0.29) is 13.0 Å². The van der Waals surface area contributed by atoms with Gasteiger partial charge in [-0.1, -0.05) is 24.3 Å². The minimum atomic E-state index is -1.19. The van der Waals surface area contributed by atoms with Crippen molar-refractivity contribution in [3.63, 3.8) is 0 Å². The maximum atomic E-state index is 11.9. The van der Waals surface area contributed by atoms with Gasteiger partial charge in [-0.25, -0.2) is 4.98 Å². The summed E-state index contributed by atoms with van der Waals surface area (Å²) in [5.41, 5.74) is 6.28. The maximum Gasteiger partial charge on any atom is 0.315 e. The van der Waals surface area contributed by atoms with Crippen LogP contribution < -0.4 is 5.73 Å². The molecule has 1 atom stereocenters. The number of aliphatic carboxylic acids is 1. The van der Waals surface area contributed by atoms with Gasteiger partial charge < -0.3 is 10.8 Å². The number of benzene rings is 1. The fourth-order valence-corrected chi connectivity index (χ4v) is 2.42. The highest BCUT2D eigenvalue weighted by Crippen LogP contribution is 2.30. The molecule has 0 aliphatic heterocycles. The van der Waals surface area contributed by atoms with Crippen molar-refractivity contribution in [2.75, 3.05) is 6.54 Å². The molecular formula is C14H18N4O2. The molecule has 0 fully saturated rings. The van der Waals surface area contributed by atoms with E-state index in [1.807, 2.05) is 31.2 Å². The summed E-state index contributed by atoms with van der Waals surface area (Å²) in [6, 6.07) is 7.41. The Morgan fingerprint density at radius 2 is 2.15 bits per heavy atom. The molecule has 2 rings (SSSR count). The maximum absolute atomic E-state index is 11.9. The van der Waals surface area contributed by atoms with Crippen LogP contribution >= 0.6 is 0 Å². The van der Waals surface area contributed by atoms with E-state index in [4.69, 9.17) is 5.73 Å². The second kappa shape index (κ2) is 5.42. The molecule has 0 aliphatic rings. The highest BCUT2D eigenvalue weighted by atomic mass is 16.4. The van der Waals surface area contributed by atoms with Gasteiger partial charge in [-0.15, -0.1) is 0 Å². The Balaban J connectivity index is 2.54. The van der Waals surface area contributed by atoms with E-state index in [1.165, 1.54) is 6.33 Å². The van der Waals surface area contributed by atoms with E-state index in [9.17, 15) is 9.90 Å². The molecule has 0 amide bonds. The molecule has 0 bridgehead atoms. The minimum Gasteiger partial charge on any atom is -0.481 e. The van der Waals surface area contributed by atoms with Crippen LogP contribution in [0, 0.1) is 6.92 Å². The molecule has 6 nitrogen and oxygen atoms in total. The zero-order valence-corrected chi connectivity index (χ0v) is 11.6. The van der Waals surface area contributed by atoms with Crippen molar-refractivity contribution in [3.8, 4) is 0 Å². The van der Waals surface area contributed by atoms with Crippen LogP contribution in [0.2, 0.25) is 0 Å². The lowest BCUT2D eigenvalue weighted by atomic mass is 9.75. The number of carbonyl (C=O) groups is 1. The monoisotopic (exact) mass is 274 g/mol. The Morgan fingerprint density at radius 1 is 1.45 bits per heavy atom. The second-order valence-electron chi connectivity index (χ2n) is 4.88. The fraction of sp³-hybridized carbons (Fsp3) is 0.357. The Kier molecular flexibility index (Phi) is 3.85. The quantitative estimate of drug-likeness (QED) is 0.834. The van der Waals surface area contributed by atoms with Crippen LogP contribution in [0.4, 0.5) is 0 Å². The number of rotatable bonds is 5. The first kappa shape index (κ1) is 14.2. The van der Waals surface area contributed by atoms with Crippen LogP contribution in [0.3, 0.4) is 0 Å². The molecule has 106 valence electrons. The highest BCUT2D eigenvalue weighted by molar-refractivity contribution is 5.82. The third kappa shape index (κ3) is 2.30. The summed E-state index contributed by atoms with van der Waals surface area (Å²) in [5, 5.41) is 13.7. The van der Waals surface area contributed by atoms with Gasteiger partial charge >= 0.3 is 5.97 Å². The number of aromatic nitrogens is 3. The summed E-state index contributed by atoms with van der Waals surface area (Å²) >= 11 is 0. The van der Waals surface area contributed by atoms with Crippen molar-refractivity contribution < 1.29 is 9.90 Å². The summed E-state index contributed by atoms with van der Waals surface area (Å²) in [6.07, 6.45) is 1.62. The molecule has 3 N–H and O–H groups in total. The van der Waals surface area contributed by atoms with Gasteiger partial charge in [-0.05, 0) is 18.1 Å². The minimum absolute atomic E-state index is 0.0000463.